The third-order valence-electron chi connectivity index (χ3n) is 2.42. The molecule has 18 heavy (non-hydrogen) atoms. The molecule has 0 saturated heterocycles. The monoisotopic (exact) mass is 270 g/mol. The third kappa shape index (κ3) is 4.72. The molecule has 4 nitrogen and oxygen atoms in total. The second-order valence-corrected chi connectivity index (χ2v) is 6.53. The van der Waals surface area contributed by atoms with Gasteiger partial charge in [0.05, 0.1) is 23.1 Å². The quantitative estimate of drug-likeness (QED) is 0.887. The van der Waals surface area contributed by atoms with Gasteiger partial charge >= 0.3 is 0 Å². The molecule has 0 amide bonds. The highest BCUT2D eigenvalue weighted by molar-refractivity contribution is 7.90. The number of halogens is 1. The van der Waals surface area contributed by atoms with Crippen LogP contribution in [0.2, 0.25) is 0 Å². The summed E-state index contributed by atoms with van der Waals surface area (Å²) in [5, 5.41) is 11.5. The fraction of sp³-hybridized carbons (Fsp3) is 0.417. The minimum atomic E-state index is -3.01. The first-order chi connectivity index (χ1) is 8.31. The van der Waals surface area contributed by atoms with Crippen LogP contribution in [0.25, 0.3) is 0 Å². The van der Waals surface area contributed by atoms with Crippen molar-refractivity contribution in [3.8, 4) is 6.07 Å². The smallest absolute Gasteiger partial charge is 0.147 e. The van der Waals surface area contributed by atoms with E-state index in [0.717, 1.165) is 6.07 Å². The summed E-state index contributed by atoms with van der Waals surface area (Å²) < 4.78 is 35.5. The van der Waals surface area contributed by atoms with Crippen LogP contribution in [0.4, 0.5) is 10.1 Å². The second kappa shape index (κ2) is 5.83. The highest BCUT2D eigenvalue weighted by atomic mass is 32.2. The fourth-order valence-electron chi connectivity index (χ4n) is 1.43. The van der Waals surface area contributed by atoms with Gasteiger partial charge in [0, 0.05) is 12.3 Å². The molecule has 1 rings (SSSR count). The van der Waals surface area contributed by atoms with Crippen LogP contribution >= 0.6 is 0 Å². The van der Waals surface area contributed by atoms with E-state index in [1.807, 2.05) is 6.07 Å². The van der Waals surface area contributed by atoms with Gasteiger partial charge in [-0.1, -0.05) is 0 Å². The number of anilines is 1. The third-order valence-corrected chi connectivity index (χ3v) is 3.40. The largest absolute Gasteiger partial charge is 0.380 e. The topological polar surface area (TPSA) is 70.0 Å². The molecule has 0 heterocycles. The molecule has 0 radical (unpaired) electrons. The minimum absolute atomic E-state index is 0.0546. The summed E-state index contributed by atoms with van der Waals surface area (Å²) in [4.78, 5) is 0. The Balaban J connectivity index is 2.65. The Labute approximate surface area is 106 Å². The van der Waals surface area contributed by atoms with Crippen molar-refractivity contribution in [2.24, 2.45) is 0 Å². The molecular formula is C12H15FN2O2S. The van der Waals surface area contributed by atoms with E-state index in [2.05, 4.69) is 5.32 Å². The number of rotatable bonds is 5. The molecule has 0 saturated carbocycles. The van der Waals surface area contributed by atoms with Crippen LogP contribution in [-0.4, -0.2) is 26.5 Å². The maximum absolute atomic E-state index is 13.5. The van der Waals surface area contributed by atoms with E-state index in [-0.39, 0.29) is 23.0 Å². The zero-order valence-electron chi connectivity index (χ0n) is 10.3. The zero-order valence-corrected chi connectivity index (χ0v) is 11.1. The molecule has 1 N–H and O–H groups in total. The van der Waals surface area contributed by atoms with E-state index < -0.39 is 15.7 Å². The molecule has 1 aromatic rings. The van der Waals surface area contributed by atoms with E-state index in [1.54, 1.807) is 6.92 Å². The van der Waals surface area contributed by atoms with Gasteiger partial charge in [-0.05, 0) is 31.5 Å². The van der Waals surface area contributed by atoms with Gasteiger partial charge in [0.2, 0.25) is 0 Å². The van der Waals surface area contributed by atoms with Gasteiger partial charge in [-0.25, -0.2) is 12.8 Å². The van der Waals surface area contributed by atoms with E-state index >= 15 is 0 Å². The Morgan fingerprint density at radius 1 is 1.50 bits per heavy atom. The second-order valence-electron chi connectivity index (χ2n) is 4.27. The van der Waals surface area contributed by atoms with Gasteiger partial charge in [0.15, 0.2) is 0 Å². The normalized spacial score (nSPS) is 12.8. The molecule has 0 aliphatic carbocycles. The van der Waals surface area contributed by atoms with E-state index in [0.29, 0.717) is 6.42 Å². The summed E-state index contributed by atoms with van der Waals surface area (Å²) in [5.41, 5.74) is 0.525. The Bertz CT molecular complexity index is 564. The van der Waals surface area contributed by atoms with E-state index in [9.17, 15) is 12.8 Å². The van der Waals surface area contributed by atoms with Gasteiger partial charge in [-0.2, -0.15) is 5.26 Å². The number of nitrogens with zero attached hydrogens (tertiary/aromatic N) is 1. The minimum Gasteiger partial charge on any atom is -0.380 e. The molecule has 1 aromatic carbocycles. The first kappa shape index (κ1) is 14.5. The Morgan fingerprint density at radius 3 is 2.67 bits per heavy atom. The number of hydrogen-bond donors (Lipinski definition) is 1. The Kier molecular flexibility index (Phi) is 4.68. The molecule has 98 valence electrons. The average Bonchev–Trinajstić information content (AvgIpc) is 2.28. The van der Waals surface area contributed by atoms with Crippen molar-refractivity contribution in [3.63, 3.8) is 0 Å². The molecule has 0 spiro atoms. The van der Waals surface area contributed by atoms with Gasteiger partial charge in [0.1, 0.15) is 15.7 Å². The summed E-state index contributed by atoms with van der Waals surface area (Å²) in [7, 11) is -3.01. The molecule has 1 atom stereocenters. The number of sulfone groups is 1. The summed E-state index contributed by atoms with van der Waals surface area (Å²) in [6, 6.07) is 5.81. The van der Waals surface area contributed by atoms with Crippen LogP contribution in [0.15, 0.2) is 18.2 Å². The number of nitrogens with one attached hydrogen (secondary N) is 1. The lowest BCUT2D eigenvalue weighted by Gasteiger charge is -2.15. The molecule has 0 bridgehead atoms. The van der Waals surface area contributed by atoms with E-state index in [4.69, 9.17) is 5.26 Å². The first-order valence-corrected chi connectivity index (χ1v) is 7.52. The summed E-state index contributed by atoms with van der Waals surface area (Å²) in [6.45, 7) is 1.78. The summed E-state index contributed by atoms with van der Waals surface area (Å²) in [6.07, 6.45) is 1.57. The highest BCUT2D eigenvalue weighted by Crippen LogP contribution is 2.17. The van der Waals surface area contributed by atoms with Gasteiger partial charge in [-0.15, -0.1) is 0 Å². The van der Waals surface area contributed by atoms with Crippen molar-refractivity contribution in [2.75, 3.05) is 17.3 Å². The molecule has 0 fully saturated rings. The van der Waals surface area contributed by atoms with Crippen molar-refractivity contribution in [2.45, 2.75) is 19.4 Å². The molecular weight excluding hydrogens is 255 g/mol. The lowest BCUT2D eigenvalue weighted by atomic mass is 10.2. The van der Waals surface area contributed by atoms with Crippen molar-refractivity contribution < 1.29 is 12.8 Å². The molecule has 0 aliphatic heterocycles. The standard InChI is InChI=1S/C12H15FN2O2S/c1-9(5-6-18(2,16)17)15-12-4-3-10(8-14)7-11(12)13/h3-4,7,9,15H,5-6H2,1-2H3. The summed E-state index contributed by atoms with van der Waals surface area (Å²) >= 11 is 0. The Morgan fingerprint density at radius 2 is 2.17 bits per heavy atom. The van der Waals surface area contributed by atoms with Crippen LogP contribution in [0.3, 0.4) is 0 Å². The molecule has 0 aromatic heterocycles. The van der Waals surface area contributed by atoms with Crippen molar-refractivity contribution in [1.29, 1.82) is 5.26 Å². The SMILES string of the molecule is CC(CCS(C)(=O)=O)Nc1ccc(C#N)cc1F. The van der Waals surface area contributed by atoms with Gasteiger partial charge in [0.25, 0.3) is 0 Å². The van der Waals surface area contributed by atoms with Crippen LogP contribution in [0, 0.1) is 17.1 Å². The van der Waals surface area contributed by atoms with Crippen molar-refractivity contribution in [3.05, 3.63) is 29.6 Å². The number of nitriles is 1. The maximum atomic E-state index is 13.5. The van der Waals surface area contributed by atoms with Gasteiger partial charge < -0.3 is 5.32 Å². The Hall–Kier alpha value is -1.61. The van der Waals surface area contributed by atoms with Crippen LogP contribution in [-0.2, 0) is 9.84 Å². The first-order valence-electron chi connectivity index (χ1n) is 5.46. The fourth-order valence-corrected chi connectivity index (χ4v) is 2.21. The number of benzene rings is 1. The highest BCUT2D eigenvalue weighted by Gasteiger charge is 2.10. The van der Waals surface area contributed by atoms with Gasteiger partial charge in [-0.3, -0.25) is 0 Å². The molecule has 0 aliphatic rings. The van der Waals surface area contributed by atoms with Crippen molar-refractivity contribution in [1.82, 2.24) is 0 Å². The maximum Gasteiger partial charge on any atom is 0.147 e. The van der Waals surface area contributed by atoms with Crippen molar-refractivity contribution >= 4 is 15.5 Å². The van der Waals surface area contributed by atoms with E-state index in [1.165, 1.54) is 18.4 Å². The average molecular weight is 270 g/mol. The zero-order chi connectivity index (χ0) is 13.8. The predicted molar refractivity (Wildman–Crippen MR) is 68.5 cm³/mol. The lowest BCUT2D eigenvalue weighted by molar-refractivity contribution is 0.594. The summed E-state index contributed by atoms with van der Waals surface area (Å²) in [5.74, 6) is -0.459. The molecule has 1 unspecified atom stereocenters. The predicted octanol–water partition coefficient (Wildman–Crippen LogP) is 1.93. The van der Waals surface area contributed by atoms with Crippen LogP contribution in [0.5, 0.6) is 0 Å². The lowest BCUT2D eigenvalue weighted by Crippen LogP contribution is -2.20. The van der Waals surface area contributed by atoms with Crippen LogP contribution < -0.4 is 5.32 Å². The number of hydrogen-bond acceptors (Lipinski definition) is 4. The molecule has 6 heteroatoms. The van der Waals surface area contributed by atoms with Crippen LogP contribution in [0.1, 0.15) is 18.9 Å².